The van der Waals surface area contributed by atoms with Crippen LogP contribution in [0.4, 0.5) is 10.3 Å². The predicted molar refractivity (Wildman–Crippen MR) is 88.1 cm³/mol. The van der Waals surface area contributed by atoms with Crippen LogP contribution < -0.4 is 5.32 Å². The molecule has 1 aliphatic heterocycles. The quantitative estimate of drug-likeness (QED) is 0.747. The van der Waals surface area contributed by atoms with Gasteiger partial charge in [0.1, 0.15) is 11.9 Å². The van der Waals surface area contributed by atoms with Crippen molar-refractivity contribution in [3.8, 4) is 0 Å². The molecule has 5 nitrogen and oxygen atoms in total. The average Bonchev–Trinajstić information content (AvgIpc) is 3.04. The summed E-state index contributed by atoms with van der Waals surface area (Å²) in [4.78, 5) is 0. The lowest BCUT2D eigenvalue weighted by molar-refractivity contribution is 0.584. The minimum atomic E-state index is -0.290. The number of aromatic nitrogens is 4. The van der Waals surface area contributed by atoms with Gasteiger partial charge in [-0.3, -0.25) is 0 Å². The van der Waals surface area contributed by atoms with Crippen LogP contribution in [0.2, 0.25) is 0 Å². The Hall–Kier alpha value is -2.54. The van der Waals surface area contributed by atoms with Crippen molar-refractivity contribution in [2.45, 2.75) is 6.04 Å². The first-order valence-electron chi connectivity index (χ1n) is 6.99. The molecular weight excluding hydrogens is 361 g/mol. The summed E-state index contributed by atoms with van der Waals surface area (Å²) in [5, 5.41) is 14.8. The van der Waals surface area contributed by atoms with Crippen LogP contribution in [0.3, 0.4) is 0 Å². The second-order valence-electron chi connectivity index (χ2n) is 5.13. The maximum absolute atomic E-state index is 14.1. The van der Waals surface area contributed by atoms with Crippen molar-refractivity contribution >= 4 is 27.6 Å². The lowest BCUT2D eigenvalue weighted by Gasteiger charge is -2.23. The third-order valence-corrected chi connectivity index (χ3v) is 4.23. The Morgan fingerprint density at radius 3 is 2.65 bits per heavy atom. The second-order valence-corrected chi connectivity index (χ2v) is 6.04. The maximum Gasteiger partial charge on any atom is 0.248 e. The number of anilines is 1. The molecule has 1 aromatic heterocycles. The third-order valence-electron chi connectivity index (χ3n) is 3.70. The molecule has 2 aromatic carbocycles. The van der Waals surface area contributed by atoms with Gasteiger partial charge in [0.2, 0.25) is 5.95 Å². The standard InChI is InChI=1S/C16H11BrFN5/c17-11-7-5-10(6-8-11)15-9-14(12-3-1-2-4-13(12)18)19-16-20-21-22-23(15)16/h1-9,15H,(H,19,20,22). The van der Waals surface area contributed by atoms with Gasteiger partial charge in [-0.2, -0.15) is 4.68 Å². The number of tetrazole rings is 1. The molecule has 2 heterocycles. The number of allylic oxidation sites excluding steroid dienone is 1. The first-order valence-corrected chi connectivity index (χ1v) is 7.79. The van der Waals surface area contributed by atoms with E-state index in [1.54, 1.807) is 22.9 Å². The normalized spacial score (nSPS) is 16.4. The Labute approximate surface area is 140 Å². The van der Waals surface area contributed by atoms with Crippen LogP contribution in [0.15, 0.2) is 59.1 Å². The Balaban J connectivity index is 1.83. The lowest BCUT2D eigenvalue weighted by atomic mass is 10.0. The van der Waals surface area contributed by atoms with Crippen molar-refractivity contribution in [3.05, 3.63) is 76.0 Å². The molecule has 3 aromatic rings. The molecule has 0 bridgehead atoms. The number of hydrogen-bond donors (Lipinski definition) is 1. The number of nitrogens with zero attached hydrogens (tertiary/aromatic N) is 4. The maximum atomic E-state index is 14.1. The summed E-state index contributed by atoms with van der Waals surface area (Å²) in [5.74, 6) is 0.195. The number of rotatable bonds is 2. The van der Waals surface area contributed by atoms with E-state index in [0.717, 1.165) is 10.0 Å². The van der Waals surface area contributed by atoms with Crippen molar-refractivity contribution in [1.82, 2.24) is 20.2 Å². The number of benzene rings is 2. The molecule has 23 heavy (non-hydrogen) atoms. The number of nitrogens with one attached hydrogen (secondary N) is 1. The Kier molecular flexibility index (Phi) is 3.42. The monoisotopic (exact) mass is 371 g/mol. The topological polar surface area (TPSA) is 55.6 Å². The second kappa shape index (κ2) is 5.58. The van der Waals surface area contributed by atoms with Crippen LogP contribution in [0.25, 0.3) is 5.70 Å². The van der Waals surface area contributed by atoms with E-state index in [-0.39, 0.29) is 11.9 Å². The number of halogens is 2. The molecular formula is C16H11BrFN5. The van der Waals surface area contributed by atoms with E-state index in [2.05, 4.69) is 36.8 Å². The highest BCUT2D eigenvalue weighted by molar-refractivity contribution is 9.10. The Morgan fingerprint density at radius 1 is 1.09 bits per heavy atom. The van der Waals surface area contributed by atoms with Gasteiger partial charge in [0, 0.05) is 15.7 Å². The van der Waals surface area contributed by atoms with Crippen molar-refractivity contribution in [3.63, 3.8) is 0 Å². The van der Waals surface area contributed by atoms with Gasteiger partial charge in [-0.1, -0.05) is 45.3 Å². The molecule has 0 fully saturated rings. The minimum absolute atomic E-state index is 0.205. The van der Waals surface area contributed by atoms with Crippen LogP contribution in [0.1, 0.15) is 17.2 Å². The van der Waals surface area contributed by atoms with Crippen molar-refractivity contribution in [2.75, 3.05) is 5.32 Å². The highest BCUT2D eigenvalue weighted by Gasteiger charge is 2.25. The van der Waals surface area contributed by atoms with Gasteiger partial charge in [0.15, 0.2) is 0 Å². The van der Waals surface area contributed by atoms with Crippen molar-refractivity contribution in [1.29, 1.82) is 0 Å². The SMILES string of the molecule is Fc1ccccc1C1=CC(c2ccc(Br)cc2)n2nnnc2N1. The smallest absolute Gasteiger partial charge is 0.248 e. The van der Waals surface area contributed by atoms with E-state index >= 15 is 0 Å². The summed E-state index contributed by atoms with van der Waals surface area (Å²) in [6, 6.07) is 14.3. The highest BCUT2D eigenvalue weighted by atomic mass is 79.9. The van der Waals surface area contributed by atoms with Gasteiger partial charge < -0.3 is 5.32 Å². The van der Waals surface area contributed by atoms with Gasteiger partial charge in [0.05, 0.1) is 0 Å². The summed E-state index contributed by atoms with van der Waals surface area (Å²) < 4.78 is 16.8. The molecule has 1 atom stereocenters. The first kappa shape index (κ1) is 14.1. The summed E-state index contributed by atoms with van der Waals surface area (Å²) in [7, 11) is 0. The van der Waals surface area contributed by atoms with E-state index in [0.29, 0.717) is 17.2 Å². The predicted octanol–water partition coefficient (Wildman–Crippen LogP) is 3.63. The summed E-state index contributed by atoms with van der Waals surface area (Å²) in [5.41, 5.74) is 2.15. The first-order chi connectivity index (χ1) is 11.2. The molecule has 7 heteroatoms. The van der Waals surface area contributed by atoms with E-state index in [9.17, 15) is 4.39 Å². The minimum Gasteiger partial charge on any atom is -0.323 e. The van der Waals surface area contributed by atoms with Gasteiger partial charge in [0.25, 0.3) is 0 Å². The van der Waals surface area contributed by atoms with E-state index in [1.807, 2.05) is 30.3 Å². The van der Waals surface area contributed by atoms with Crippen LogP contribution in [-0.4, -0.2) is 20.2 Å². The van der Waals surface area contributed by atoms with E-state index in [1.165, 1.54) is 6.07 Å². The van der Waals surface area contributed by atoms with E-state index in [4.69, 9.17) is 0 Å². The third kappa shape index (κ3) is 2.53. The van der Waals surface area contributed by atoms with Gasteiger partial charge >= 0.3 is 0 Å². The molecule has 1 aliphatic rings. The Morgan fingerprint density at radius 2 is 1.87 bits per heavy atom. The lowest BCUT2D eigenvalue weighted by Crippen LogP contribution is -2.20. The summed E-state index contributed by atoms with van der Waals surface area (Å²) >= 11 is 3.43. The molecule has 0 amide bonds. The average molecular weight is 372 g/mol. The van der Waals surface area contributed by atoms with Crippen LogP contribution in [0.5, 0.6) is 0 Å². The van der Waals surface area contributed by atoms with Crippen LogP contribution in [0, 0.1) is 5.82 Å². The zero-order valence-electron chi connectivity index (χ0n) is 11.8. The fraction of sp³-hybridized carbons (Fsp3) is 0.0625. The molecule has 0 saturated heterocycles. The molecule has 0 spiro atoms. The van der Waals surface area contributed by atoms with Crippen molar-refractivity contribution < 1.29 is 4.39 Å². The summed E-state index contributed by atoms with van der Waals surface area (Å²) in [6.07, 6.45) is 1.92. The van der Waals surface area contributed by atoms with Crippen LogP contribution >= 0.6 is 15.9 Å². The molecule has 1 unspecified atom stereocenters. The molecule has 114 valence electrons. The zero-order valence-corrected chi connectivity index (χ0v) is 13.4. The van der Waals surface area contributed by atoms with Crippen molar-refractivity contribution in [2.24, 2.45) is 0 Å². The van der Waals surface area contributed by atoms with Gasteiger partial charge in [-0.05, 0) is 46.3 Å². The van der Waals surface area contributed by atoms with Gasteiger partial charge in [-0.15, -0.1) is 0 Å². The molecule has 1 N–H and O–H groups in total. The largest absolute Gasteiger partial charge is 0.323 e. The molecule has 0 aliphatic carbocycles. The fourth-order valence-corrected chi connectivity index (χ4v) is 2.85. The summed E-state index contributed by atoms with van der Waals surface area (Å²) in [6.45, 7) is 0. The zero-order chi connectivity index (χ0) is 15.8. The number of fused-ring (bicyclic) bond motifs is 1. The van der Waals surface area contributed by atoms with Gasteiger partial charge in [-0.25, -0.2) is 4.39 Å². The highest BCUT2D eigenvalue weighted by Crippen LogP contribution is 2.32. The van der Waals surface area contributed by atoms with Crippen LogP contribution in [-0.2, 0) is 0 Å². The molecule has 0 saturated carbocycles. The fourth-order valence-electron chi connectivity index (χ4n) is 2.59. The van der Waals surface area contributed by atoms with E-state index < -0.39 is 0 Å². The number of hydrogen-bond acceptors (Lipinski definition) is 4. The molecule has 0 radical (unpaired) electrons. The molecule has 4 rings (SSSR count). The Bertz CT molecular complexity index is 887.